The lowest BCUT2D eigenvalue weighted by Gasteiger charge is -2.20. The van der Waals surface area contributed by atoms with Crippen LogP contribution in [0.15, 0.2) is 18.2 Å². The van der Waals surface area contributed by atoms with Gasteiger partial charge in [0.05, 0.1) is 0 Å². The zero-order valence-electron chi connectivity index (χ0n) is 10.6. The number of ether oxygens (including phenoxy) is 1. The Balaban J connectivity index is 2.59. The molecule has 4 nitrogen and oxygen atoms in total. The van der Waals surface area contributed by atoms with Crippen molar-refractivity contribution in [2.45, 2.75) is 26.3 Å². The van der Waals surface area contributed by atoms with Crippen molar-refractivity contribution in [3.8, 4) is 5.75 Å². The first-order chi connectivity index (χ1) is 8.31. The Kier molecular flexibility index (Phi) is 4.42. The third-order valence-corrected chi connectivity index (χ3v) is 1.97. The lowest BCUT2D eigenvalue weighted by Crippen LogP contribution is -2.43. The molecule has 0 aliphatic heterocycles. The van der Waals surface area contributed by atoms with Crippen LogP contribution in [0.3, 0.4) is 0 Å². The summed E-state index contributed by atoms with van der Waals surface area (Å²) >= 11 is 0. The largest absolute Gasteiger partial charge is 0.481 e. The predicted molar refractivity (Wildman–Crippen MR) is 65.2 cm³/mol. The van der Waals surface area contributed by atoms with E-state index in [9.17, 15) is 14.0 Å². The van der Waals surface area contributed by atoms with Crippen molar-refractivity contribution >= 4 is 12.2 Å². The van der Waals surface area contributed by atoms with Gasteiger partial charge >= 0.3 is 0 Å². The monoisotopic (exact) mass is 253 g/mol. The average Bonchev–Trinajstić information content (AvgIpc) is 2.25. The lowest BCUT2D eigenvalue weighted by atomic mass is 10.1. The highest BCUT2D eigenvalue weighted by molar-refractivity contribution is 5.78. The maximum Gasteiger partial charge on any atom is 0.258 e. The number of nitrogens with one attached hydrogen (secondary N) is 1. The number of carbonyl (C=O) groups is 2. The van der Waals surface area contributed by atoms with Crippen LogP contribution in [0.4, 0.5) is 4.39 Å². The van der Waals surface area contributed by atoms with E-state index in [1.807, 2.05) is 20.8 Å². The third kappa shape index (κ3) is 4.53. The van der Waals surface area contributed by atoms with Crippen LogP contribution in [0.25, 0.3) is 0 Å². The molecule has 1 amide bonds. The Hall–Kier alpha value is -1.91. The second kappa shape index (κ2) is 5.62. The maximum atomic E-state index is 13.4. The summed E-state index contributed by atoms with van der Waals surface area (Å²) in [7, 11) is 0. The van der Waals surface area contributed by atoms with Gasteiger partial charge < -0.3 is 10.1 Å². The molecule has 0 saturated heterocycles. The second-order valence-corrected chi connectivity index (χ2v) is 4.89. The molecule has 0 radical (unpaired) electrons. The molecule has 98 valence electrons. The van der Waals surface area contributed by atoms with Crippen molar-refractivity contribution in [1.29, 1.82) is 0 Å². The predicted octanol–water partition coefficient (Wildman–Crippen LogP) is 1.93. The minimum Gasteiger partial charge on any atom is -0.481 e. The van der Waals surface area contributed by atoms with E-state index < -0.39 is 5.82 Å². The SMILES string of the molecule is CC(C)(C)NC(=O)COc1ccc(C=O)cc1F. The maximum absolute atomic E-state index is 13.4. The summed E-state index contributed by atoms with van der Waals surface area (Å²) in [5, 5.41) is 2.69. The van der Waals surface area contributed by atoms with Gasteiger partial charge in [0.25, 0.3) is 5.91 Å². The standard InChI is InChI=1S/C13H16FNO3/c1-13(2,3)15-12(17)8-18-11-5-4-9(7-16)6-10(11)14/h4-7H,8H2,1-3H3,(H,15,17). The molecule has 0 bridgehead atoms. The molecule has 0 fully saturated rings. The van der Waals surface area contributed by atoms with E-state index in [0.717, 1.165) is 6.07 Å². The fourth-order valence-electron chi connectivity index (χ4n) is 1.31. The average molecular weight is 253 g/mol. The number of halogens is 1. The van der Waals surface area contributed by atoms with Gasteiger partial charge in [0.1, 0.15) is 6.29 Å². The van der Waals surface area contributed by atoms with Crippen LogP contribution in [0.5, 0.6) is 5.75 Å². The summed E-state index contributed by atoms with van der Waals surface area (Å²) in [6, 6.07) is 3.81. The van der Waals surface area contributed by atoms with E-state index in [1.165, 1.54) is 12.1 Å². The minimum absolute atomic E-state index is 0.0512. The number of rotatable bonds is 4. The van der Waals surface area contributed by atoms with Gasteiger partial charge in [-0.05, 0) is 39.0 Å². The Morgan fingerprint density at radius 1 is 1.44 bits per heavy atom. The number of amides is 1. The zero-order valence-corrected chi connectivity index (χ0v) is 10.6. The van der Waals surface area contributed by atoms with Gasteiger partial charge in [0, 0.05) is 11.1 Å². The number of hydrogen-bond acceptors (Lipinski definition) is 3. The van der Waals surface area contributed by atoms with E-state index in [0.29, 0.717) is 6.29 Å². The number of carbonyl (C=O) groups excluding carboxylic acids is 2. The molecule has 0 aromatic heterocycles. The Bertz CT molecular complexity index is 452. The fourth-order valence-corrected chi connectivity index (χ4v) is 1.31. The molecule has 5 heteroatoms. The molecule has 0 atom stereocenters. The minimum atomic E-state index is -0.664. The molecule has 1 rings (SSSR count). The molecule has 0 heterocycles. The molecule has 1 aromatic rings. The summed E-state index contributed by atoms with van der Waals surface area (Å²) in [5.74, 6) is -1.05. The topological polar surface area (TPSA) is 55.4 Å². The van der Waals surface area contributed by atoms with Crippen molar-refractivity contribution < 1.29 is 18.7 Å². The highest BCUT2D eigenvalue weighted by Gasteiger charge is 2.14. The number of aldehydes is 1. The first-order valence-corrected chi connectivity index (χ1v) is 5.50. The van der Waals surface area contributed by atoms with Gasteiger partial charge in [-0.15, -0.1) is 0 Å². The van der Waals surface area contributed by atoms with Crippen LogP contribution in [-0.4, -0.2) is 24.3 Å². The summed E-state index contributed by atoms with van der Waals surface area (Å²) in [5.41, 5.74) is -0.139. The quantitative estimate of drug-likeness (QED) is 0.834. The van der Waals surface area contributed by atoms with Crippen LogP contribution < -0.4 is 10.1 Å². The van der Waals surface area contributed by atoms with E-state index in [-0.39, 0.29) is 29.4 Å². The Labute approximate surface area is 105 Å². The van der Waals surface area contributed by atoms with E-state index in [2.05, 4.69) is 5.32 Å². The summed E-state index contributed by atoms with van der Waals surface area (Å²) in [4.78, 5) is 21.9. The van der Waals surface area contributed by atoms with Crippen molar-refractivity contribution in [3.05, 3.63) is 29.6 Å². The van der Waals surface area contributed by atoms with Crippen molar-refractivity contribution in [2.24, 2.45) is 0 Å². The molecular formula is C13H16FNO3. The lowest BCUT2D eigenvalue weighted by molar-refractivity contribution is -0.124. The van der Waals surface area contributed by atoms with Crippen LogP contribution in [0.2, 0.25) is 0 Å². The fraction of sp³-hybridized carbons (Fsp3) is 0.385. The Morgan fingerprint density at radius 3 is 2.61 bits per heavy atom. The number of hydrogen-bond donors (Lipinski definition) is 1. The van der Waals surface area contributed by atoms with E-state index in [4.69, 9.17) is 4.74 Å². The smallest absolute Gasteiger partial charge is 0.258 e. The summed E-state index contributed by atoms with van der Waals surface area (Å²) < 4.78 is 18.5. The molecule has 0 unspecified atom stereocenters. The normalized spacial score (nSPS) is 10.9. The van der Waals surface area contributed by atoms with Crippen LogP contribution in [0.1, 0.15) is 31.1 Å². The van der Waals surface area contributed by atoms with Crippen LogP contribution >= 0.6 is 0 Å². The summed E-state index contributed by atoms with van der Waals surface area (Å²) in [6.45, 7) is 5.24. The first-order valence-electron chi connectivity index (χ1n) is 5.50. The zero-order chi connectivity index (χ0) is 13.8. The highest BCUT2D eigenvalue weighted by atomic mass is 19.1. The van der Waals surface area contributed by atoms with E-state index in [1.54, 1.807) is 0 Å². The molecule has 0 aliphatic carbocycles. The second-order valence-electron chi connectivity index (χ2n) is 4.89. The third-order valence-electron chi connectivity index (χ3n) is 1.97. The van der Waals surface area contributed by atoms with E-state index >= 15 is 0 Å². The van der Waals surface area contributed by atoms with Crippen molar-refractivity contribution in [3.63, 3.8) is 0 Å². The first kappa shape index (κ1) is 14.2. The van der Waals surface area contributed by atoms with Crippen molar-refractivity contribution in [2.75, 3.05) is 6.61 Å². The molecular weight excluding hydrogens is 237 g/mol. The van der Waals surface area contributed by atoms with Gasteiger partial charge in [-0.3, -0.25) is 9.59 Å². The van der Waals surface area contributed by atoms with Gasteiger partial charge in [0.2, 0.25) is 0 Å². The van der Waals surface area contributed by atoms with Gasteiger partial charge in [-0.25, -0.2) is 4.39 Å². The highest BCUT2D eigenvalue weighted by Crippen LogP contribution is 2.17. The van der Waals surface area contributed by atoms with Crippen LogP contribution in [0, 0.1) is 5.82 Å². The van der Waals surface area contributed by atoms with Gasteiger partial charge in [-0.2, -0.15) is 0 Å². The summed E-state index contributed by atoms with van der Waals surface area (Å²) in [6.07, 6.45) is 0.541. The van der Waals surface area contributed by atoms with Crippen LogP contribution in [-0.2, 0) is 4.79 Å². The number of benzene rings is 1. The molecule has 0 saturated carbocycles. The molecule has 0 aliphatic rings. The van der Waals surface area contributed by atoms with Gasteiger partial charge in [0.15, 0.2) is 18.2 Å². The van der Waals surface area contributed by atoms with Gasteiger partial charge in [-0.1, -0.05) is 0 Å². The Morgan fingerprint density at radius 2 is 2.11 bits per heavy atom. The molecule has 18 heavy (non-hydrogen) atoms. The molecule has 0 spiro atoms. The molecule has 1 aromatic carbocycles. The molecule has 1 N–H and O–H groups in total. The van der Waals surface area contributed by atoms with Crippen molar-refractivity contribution in [1.82, 2.24) is 5.32 Å².